The lowest BCUT2D eigenvalue weighted by molar-refractivity contribution is -0.140. The van der Waals surface area contributed by atoms with Crippen molar-refractivity contribution in [3.63, 3.8) is 0 Å². The zero-order chi connectivity index (χ0) is 27.5. The number of hydrogen-bond acceptors (Lipinski definition) is 8. The molecule has 5 rings (SSSR count). The molecular weight excluding hydrogens is 504 g/mol. The van der Waals surface area contributed by atoms with Crippen molar-refractivity contribution < 1.29 is 38.8 Å². The lowest BCUT2D eigenvalue weighted by Crippen LogP contribution is -2.57. The summed E-state index contributed by atoms with van der Waals surface area (Å²) >= 11 is 0. The zero-order valence-corrected chi connectivity index (χ0v) is 22.3. The number of benzene rings is 1. The Kier molecular flexibility index (Phi) is 8.54. The maximum atomic E-state index is 13.8. The Morgan fingerprint density at radius 2 is 2.00 bits per heavy atom. The van der Waals surface area contributed by atoms with Gasteiger partial charge in [0, 0.05) is 42.8 Å². The molecule has 10 heteroatoms. The summed E-state index contributed by atoms with van der Waals surface area (Å²) in [5.41, 5.74) is 1.24. The van der Waals surface area contributed by atoms with Crippen LogP contribution in [0.25, 0.3) is 0 Å². The Morgan fingerprint density at radius 1 is 1.21 bits per heavy atom. The smallest absolute Gasteiger partial charge is 0.247 e. The summed E-state index contributed by atoms with van der Waals surface area (Å²) < 4.78 is 17.6. The number of amides is 2. The fraction of sp³-hybridized carbons (Fsp3) is 0.621. The fourth-order valence-corrected chi connectivity index (χ4v) is 6.53. The number of ether oxygens (including phenoxy) is 3. The van der Waals surface area contributed by atoms with E-state index in [1.807, 2.05) is 0 Å². The van der Waals surface area contributed by atoms with E-state index in [9.17, 15) is 24.6 Å². The second-order valence-electron chi connectivity index (χ2n) is 10.9. The first-order valence-electron chi connectivity index (χ1n) is 14.0. The van der Waals surface area contributed by atoms with Crippen molar-refractivity contribution in [3.05, 3.63) is 34.9 Å². The number of methoxy groups -OCH3 is 1. The van der Waals surface area contributed by atoms with Crippen molar-refractivity contribution in [2.24, 2.45) is 5.92 Å². The van der Waals surface area contributed by atoms with Crippen LogP contribution in [0.2, 0.25) is 0 Å². The zero-order valence-electron chi connectivity index (χ0n) is 22.3. The van der Waals surface area contributed by atoms with Crippen molar-refractivity contribution in [2.75, 3.05) is 33.4 Å². The Morgan fingerprint density at radius 3 is 2.67 bits per heavy atom. The normalized spacial score (nSPS) is 27.8. The van der Waals surface area contributed by atoms with Crippen LogP contribution in [0.15, 0.2) is 23.8 Å². The maximum absolute atomic E-state index is 13.8. The topological polar surface area (TPSA) is 135 Å². The first kappa shape index (κ1) is 27.6. The van der Waals surface area contributed by atoms with Crippen molar-refractivity contribution >= 4 is 18.1 Å². The number of rotatable bonds is 10. The summed E-state index contributed by atoms with van der Waals surface area (Å²) in [5, 5.41) is 23.8. The first-order valence-corrected chi connectivity index (χ1v) is 14.0. The molecule has 39 heavy (non-hydrogen) atoms. The van der Waals surface area contributed by atoms with Gasteiger partial charge in [-0.3, -0.25) is 14.4 Å². The molecule has 0 bridgehead atoms. The summed E-state index contributed by atoms with van der Waals surface area (Å²) in [6.45, 7) is 0.764. The van der Waals surface area contributed by atoms with Gasteiger partial charge < -0.3 is 34.6 Å². The largest absolute Gasteiger partial charge is 0.493 e. The number of carbonyl (C=O) groups is 3. The Labute approximate surface area is 228 Å². The number of nitrogens with zero attached hydrogens (tertiary/aromatic N) is 1. The number of hydrogen-bond donors (Lipinski definition) is 3. The van der Waals surface area contributed by atoms with Crippen LogP contribution >= 0.6 is 0 Å². The molecule has 1 saturated carbocycles. The molecule has 1 aromatic rings. The van der Waals surface area contributed by atoms with Crippen molar-refractivity contribution in [1.29, 1.82) is 0 Å². The molecule has 1 saturated heterocycles. The third-order valence-corrected chi connectivity index (χ3v) is 8.45. The Hall–Kier alpha value is -2.95. The van der Waals surface area contributed by atoms with Crippen LogP contribution in [0.4, 0.5) is 0 Å². The number of fused-ring (bicyclic) bond motifs is 3. The molecule has 2 heterocycles. The molecule has 2 amide bonds. The van der Waals surface area contributed by atoms with Crippen molar-refractivity contribution in [3.8, 4) is 11.5 Å². The van der Waals surface area contributed by atoms with Gasteiger partial charge >= 0.3 is 0 Å². The molecule has 10 nitrogen and oxygen atoms in total. The highest BCUT2D eigenvalue weighted by Gasteiger charge is 2.51. The lowest BCUT2D eigenvalue weighted by Gasteiger charge is -2.41. The number of aliphatic hydroxyl groups is 2. The van der Waals surface area contributed by atoms with Crippen LogP contribution in [0.1, 0.15) is 66.8 Å². The van der Waals surface area contributed by atoms with E-state index in [0.29, 0.717) is 60.0 Å². The molecule has 2 aliphatic heterocycles. The van der Waals surface area contributed by atoms with Gasteiger partial charge in [-0.05, 0) is 49.8 Å². The monoisotopic (exact) mass is 542 g/mol. The third kappa shape index (κ3) is 5.55. The van der Waals surface area contributed by atoms with E-state index in [1.54, 1.807) is 23.1 Å². The van der Waals surface area contributed by atoms with Gasteiger partial charge in [-0.25, -0.2) is 0 Å². The molecule has 0 radical (unpaired) electrons. The number of aliphatic hydroxyl groups excluding tert-OH is 2. The molecule has 1 aromatic carbocycles. The van der Waals surface area contributed by atoms with Gasteiger partial charge in [0.1, 0.15) is 18.5 Å². The van der Waals surface area contributed by atoms with Gasteiger partial charge in [-0.15, -0.1) is 0 Å². The third-order valence-electron chi connectivity index (χ3n) is 8.45. The minimum Gasteiger partial charge on any atom is -0.493 e. The molecular formula is C29H38N2O8. The van der Waals surface area contributed by atoms with Crippen LogP contribution in [-0.4, -0.2) is 91.0 Å². The number of carbonyl (C=O) groups excluding carboxylic acids is 3. The van der Waals surface area contributed by atoms with Gasteiger partial charge in [0.05, 0.1) is 31.8 Å². The molecule has 4 aliphatic rings. The quantitative estimate of drug-likeness (QED) is 0.381. The van der Waals surface area contributed by atoms with Crippen LogP contribution in [0.3, 0.4) is 0 Å². The first-order chi connectivity index (χ1) is 18.9. The summed E-state index contributed by atoms with van der Waals surface area (Å²) in [4.78, 5) is 40.5. The Bertz CT molecular complexity index is 1110. The minimum atomic E-state index is -1.14. The summed E-state index contributed by atoms with van der Waals surface area (Å²) in [6.07, 6.45) is 6.58. The Balaban J connectivity index is 1.54. The van der Waals surface area contributed by atoms with Crippen molar-refractivity contribution in [2.45, 2.75) is 75.2 Å². The summed E-state index contributed by atoms with van der Waals surface area (Å²) in [6, 6.07) is 2.38. The molecule has 0 spiro atoms. The van der Waals surface area contributed by atoms with E-state index in [1.165, 1.54) is 7.11 Å². The molecule has 3 N–H and O–H groups in total. The predicted octanol–water partition coefficient (Wildman–Crippen LogP) is 1.72. The van der Waals surface area contributed by atoms with E-state index < -0.39 is 30.1 Å². The van der Waals surface area contributed by atoms with Crippen LogP contribution in [-0.2, 0) is 14.3 Å². The average molecular weight is 543 g/mol. The SMILES string of the molecule is COc1cc(C=O)cc2c1O[C@@H]1[C@@H](O)[C@H](N(C[C@@H]3CCCO3)C(=O)CC3CCCC3)C=C(C(=O)NCCO)[C@H]21. The highest BCUT2D eigenvalue weighted by Crippen LogP contribution is 2.51. The lowest BCUT2D eigenvalue weighted by atomic mass is 9.77. The number of aldehydes is 1. The molecule has 2 fully saturated rings. The highest BCUT2D eigenvalue weighted by atomic mass is 16.5. The molecule has 2 aliphatic carbocycles. The second-order valence-corrected chi connectivity index (χ2v) is 10.9. The summed E-state index contributed by atoms with van der Waals surface area (Å²) in [7, 11) is 1.46. The van der Waals surface area contributed by atoms with E-state index in [0.717, 1.165) is 38.5 Å². The van der Waals surface area contributed by atoms with Crippen LogP contribution in [0.5, 0.6) is 11.5 Å². The molecule has 5 atom stereocenters. The molecule has 0 unspecified atom stereocenters. The molecule has 212 valence electrons. The van der Waals surface area contributed by atoms with Crippen LogP contribution < -0.4 is 14.8 Å². The second kappa shape index (κ2) is 12.1. The van der Waals surface area contributed by atoms with Crippen molar-refractivity contribution in [1.82, 2.24) is 10.2 Å². The molecule has 0 aromatic heterocycles. The average Bonchev–Trinajstić information content (AvgIpc) is 3.72. The van der Waals surface area contributed by atoms with Gasteiger partial charge in [0.15, 0.2) is 11.5 Å². The highest BCUT2D eigenvalue weighted by molar-refractivity contribution is 5.96. The minimum absolute atomic E-state index is 0.0480. The van der Waals surface area contributed by atoms with E-state index in [4.69, 9.17) is 14.2 Å². The van der Waals surface area contributed by atoms with Gasteiger partial charge in [-0.1, -0.05) is 12.8 Å². The fourth-order valence-electron chi connectivity index (χ4n) is 6.53. The summed E-state index contributed by atoms with van der Waals surface area (Å²) in [5.74, 6) is -0.177. The van der Waals surface area contributed by atoms with Gasteiger partial charge in [0.2, 0.25) is 11.8 Å². The van der Waals surface area contributed by atoms with E-state index in [2.05, 4.69) is 5.32 Å². The van der Waals surface area contributed by atoms with Gasteiger partial charge in [-0.2, -0.15) is 0 Å². The number of nitrogens with one attached hydrogen (secondary N) is 1. The van der Waals surface area contributed by atoms with E-state index in [-0.39, 0.29) is 25.2 Å². The van der Waals surface area contributed by atoms with Crippen LogP contribution in [0, 0.1) is 5.92 Å². The standard InChI is InChI=1S/C29H38N2O8/c1-37-23-12-18(16-33)11-20-25-21(29(36)30-8-9-32)14-22(26(35)28(25)39-27(20)23)31(15-19-7-4-10-38-19)24(34)13-17-5-2-3-6-17/h11-12,14,16-17,19,22,25-26,28,32,35H,2-10,13,15H2,1H3,(H,30,36)/t19-,22+,25-,26-,28-/m0/s1. The predicted molar refractivity (Wildman–Crippen MR) is 141 cm³/mol. The van der Waals surface area contributed by atoms with E-state index >= 15 is 0 Å². The maximum Gasteiger partial charge on any atom is 0.247 e. The van der Waals surface area contributed by atoms with Gasteiger partial charge in [0.25, 0.3) is 0 Å².